The third-order valence-electron chi connectivity index (χ3n) is 4.66. The third-order valence-corrected chi connectivity index (χ3v) is 5.02. The second kappa shape index (κ2) is 10.5. The molecule has 2 rings (SSSR count). The molecule has 2 aliphatic rings. The van der Waals surface area contributed by atoms with E-state index in [1.807, 2.05) is 5.01 Å². The quantitative estimate of drug-likeness (QED) is 0.418. The summed E-state index contributed by atoms with van der Waals surface area (Å²) >= 11 is 5.50. The average molecular weight is 353 g/mol. The number of carbonyl (C=O) groups is 1. The van der Waals surface area contributed by atoms with Crippen LogP contribution in [0.1, 0.15) is 64.7 Å². The molecule has 1 aliphatic heterocycles. The summed E-state index contributed by atoms with van der Waals surface area (Å²) < 4.78 is 0. The van der Waals surface area contributed by atoms with Gasteiger partial charge in [-0.3, -0.25) is 5.01 Å². The number of rotatable bonds is 7. The van der Waals surface area contributed by atoms with Crippen LogP contribution in [-0.4, -0.2) is 47.3 Å². The first kappa shape index (κ1) is 19.0. The molecule has 2 amide bonds. The number of hydrazine groups is 1. The van der Waals surface area contributed by atoms with E-state index < -0.39 is 0 Å². The molecule has 1 heterocycles. The summed E-state index contributed by atoms with van der Waals surface area (Å²) in [6, 6.07) is -0.0252. The molecule has 24 heavy (non-hydrogen) atoms. The Morgan fingerprint density at radius 2 is 1.96 bits per heavy atom. The molecule has 0 spiro atoms. The second-order valence-electron chi connectivity index (χ2n) is 6.63. The van der Waals surface area contributed by atoms with Crippen molar-refractivity contribution in [3.63, 3.8) is 0 Å². The van der Waals surface area contributed by atoms with Crippen molar-refractivity contribution in [3.8, 4) is 0 Å². The van der Waals surface area contributed by atoms with Crippen LogP contribution in [0.2, 0.25) is 0 Å². The van der Waals surface area contributed by atoms with Crippen LogP contribution in [0.25, 0.3) is 0 Å². The van der Waals surface area contributed by atoms with E-state index in [1.54, 1.807) is 10.6 Å². The van der Waals surface area contributed by atoms with Crippen molar-refractivity contribution in [1.29, 1.82) is 0 Å². The standard InChI is InChI=1S/C18H32N4OS/c1-2-3-7-12-19-17(23)21-14-8-15-22(21)18(24)20-13-11-16-9-5-4-6-10-16/h9H,2-8,10-15H2,1H3,(H,19,23)(H,20,24). The molecule has 1 fully saturated rings. The highest BCUT2D eigenvalue weighted by Gasteiger charge is 2.28. The molecule has 0 unspecified atom stereocenters. The van der Waals surface area contributed by atoms with Crippen LogP contribution in [0.5, 0.6) is 0 Å². The van der Waals surface area contributed by atoms with Crippen molar-refractivity contribution in [2.45, 2.75) is 64.7 Å². The first-order valence-electron chi connectivity index (χ1n) is 9.51. The molecule has 0 aromatic carbocycles. The molecule has 0 aromatic heterocycles. The summed E-state index contributed by atoms with van der Waals surface area (Å²) in [6.45, 7) is 5.32. The van der Waals surface area contributed by atoms with Crippen molar-refractivity contribution < 1.29 is 4.79 Å². The Morgan fingerprint density at radius 3 is 2.71 bits per heavy atom. The number of thiocarbonyl (C=S) groups is 1. The Hall–Kier alpha value is -1.30. The summed E-state index contributed by atoms with van der Waals surface area (Å²) in [5, 5.41) is 10.7. The van der Waals surface area contributed by atoms with Crippen LogP contribution in [0.3, 0.4) is 0 Å². The summed E-state index contributed by atoms with van der Waals surface area (Å²) in [5.74, 6) is 0. The molecule has 1 aliphatic carbocycles. The van der Waals surface area contributed by atoms with Gasteiger partial charge in [0.2, 0.25) is 0 Å². The predicted octanol–water partition coefficient (Wildman–Crippen LogP) is 3.57. The molecule has 0 saturated carbocycles. The van der Waals surface area contributed by atoms with Crippen LogP contribution in [0.15, 0.2) is 11.6 Å². The number of allylic oxidation sites excluding steroid dienone is 1. The molecule has 0 atom stereocenters. The van der Waals surface area contributed by atoms with Gasteiger partial charge in [0.25, 0.3) is 0 Å². The predicted molar refractivity (Wildman–Crippen MR) is 103 cm³/mol. The fourth-order valence-corrected chi connectivity index (χ4v) is 3.54. The van der Waals surface area contributed by atoms with Crippen LogP contribution in [-0.2, 0) is 0 Å². The molecule has 5 nitrogen and oxygen atoms in total. The topological polar surface area (TPSA) is 47.6 Å². The number of nitrogens with one attached hydrogen (secondary N) is 2. The number of hydrogen-bond acceptors (Lipinski definition) is 2. The highest BCUT2D eigenvalue weighted by Crippen LogP contribution is 2.19. The lowest BCUT2D eigenvalue weighted by Crippen LogP contribution is -2.52. The molecule has 6 heteroatoms. The van der Waals surface area contributed by atoms with E-state index in [0.717, 1.165) is 58.3 Å². The summed E-state index contributed by atoms with van der Waals surface area (Å²) in [7, 11) is 0. The van der Waals surface area contributed by atoms with E-state index in [9.17, 15) is 4.79 Å². The normalized spacial score (nSPS) is 17.6. The number of urea groups is 1. The molecular weight excluding hydrogens is 320 g/mol. The number of amides is 2. The van der Waals surface area contributed by atoms with Crippen molar-refractivity contribution in [1.82, 2.24) is 20.7 Å². The van der Waals surface area contributed by atoms with Gasteiger partial charge in [-0.05, 0) is 57.2 Å². The Morgan fingerprint density at radius 1 is 1.12 bits per heavy atom. The van der Waals surface area contributed by atoms with Gasteiger partial charge in [0.15, 0.2) is 5.11 Å². The minimum Gasteiger partial charge on any atom is -0.361 e. The second-order valence-corrected chi connectivity index (χ2v) is 7.02. The number of carbonyl (C=O) groups excluding carboxylic acids is 1. The first-order chi connectivity index (χ1) is 11.7. The minimum atomic E-state index is -0.0252. The van der Waals surface area contributed by atoms with Crippen LogP contribution in [0.4, 0.5) is 4.79 Å². The smallest absolute Gasteiger partial charge is 0.336 e. The molecule has 2 N–H and O–H groups in total. The van der Waals surface area contributed by atoms with Crippen LogP contribution < -0.4 is 10.6 Å². The van der Waals surface area contributed by atoms with Crippen LogP contribution >= 0.6 is 12.2 Å². The van der Waals surface area contributed by atoms with Gasteiger partial charge in [0.05, 0.1) is 0 Å². The third kappa shape index (κ3) is 5.96. The number of hydrogen-bond donors (Lipinski definition) is 2. The Bertz CT molecular complexity index is 452. The van der Waals surface area contributed by atoms with E-state index in [1.165, 1.54) is 25.7 Å². The van der Waals surface area contributed by atoms with Gasteiger partial charge in [0.1, 0.15) is 0 Å². The van der Waals surface area contributed by atoms with Crippen molar-refractivity contribution in [2.24, 2.45) is 0 Å². The van der Waals surface area contributed by atoms with E-state index in [-0.39, 0.29) is 6.03 Å². The maximum Gasteiger partial charge on any atom is 0.336 e. The zero-order valence-electron chi connectivity index (χ0n) is 15.0. The van der Waals surface area contributed by atoms with Gasteiger partial charge in [-0.15, -0.1) is 0 Å². The van der Waals surface area contributed by atoms with Gasteiger partial charge in [0, 0.05) is 26.2 Å². The largest absolute Gasteiger partial charge is 0.361 e. The molecule has 1 saturated heterocycles. The Labute approximate surface area is 151 Å². The highest BCUT2D eigenvalue weighted by molar-refractivity contribution is 7.80. The van der Waals surface area contributed by atoms with Crippen LogP contribution in [0, 0.1) is 0 Å². The minimum absolute atomic E-state index is 0.0252. The SMILES string of the molecule is CCCCCNC(=O)N1CCCN1C(=S)NCCC1=CCCCC1. The average Bonchev–Trinajstić information content (AvgIpc) is 3.09. The van der Waals surface area contributed by atoms with Crippen molar-refractivity contribution >= 4 is 23.4 Å². The fourth-order valence-electron chi connectivity index (χ4n) is 3.25. The summed E-state index contributed by atoms with van der Waals surface area (Å²) in [5.41, 5.74) is 1.54. The summed E-state index contributed by atoms with van der Waals surface area (Å²) in [4.78, 5) is 12.3. The molecule has 0 bridgehead atoms. The van der Waals surface area contributed by atoms with Crippen molar-refractivity contribution in [2.75, 3.05) is 26.2 Å². The summed E-state index contributed by atoms with van der Waals surface area (Å²) in [6.07, 6.45) is 12.8. The maximum absolute atomic E-state index is 12.3. The Balaban J connectivity index is 1.71. The van der Waals surface area contributed by atoms with Gasteiger partial charge < -0.3 is 10.6 Å². The molecular formula is C18H32N4OS. The number of nitrogens with zero attached hydrogens (tertiary/aromatic N) is 2. The lowest BCUT2D eigenvalue weighted by Gasteiger charge is -2.30. The zero-order chi connectivity index (χ0) is 17.2. The van der Waals surface area contributed by atoms with E-state index in [4.69, 9.17) is 12.2 Å². The molecule has 136 valence electrons. The monoisotopic (exact) mass is 352 g/mol. The lowest BCUT2D eigenvalue weighted by molar-refractivity contribution is 0.124. The van der Waals surface area contributed by atoms with E-state index >= 15 is 0 Å². The zero-order valence-corrected chi connectivity index (χ0v) is 15.8. The lowest BCUT2D eigenvalue weighted by atomic mass is 9.97. The van der Waals surface area contributed by atoms with Crippen molar-refractivity contribution in [3.05, 3.63) is 11.6 Å². The van der Waals surface area contributed by atoms with E-state index in [2.05, 4.69) is 23.6 Å². The number of unbranched alkanes of at least 4 members (excludes halogenated alkanes) is 2. The van der Waals surface area contributed by atoms with E-state index in [0.29, 0.717) is 5.11 Å². The molecule has 0 aromatic rings. The van der Waals surface area contributed by atoms with Gasteiger partial charge in [-0.25, -0.2) is 9.80 Å². The highest BCUT2D eigenvalue weighted by atomic mass is 32.1. The van der Waals surface area contributed by atoms with Gasteiger partial charge >= 0.3 is 6.03 Å². The van der Waals surface area contributed by atoms with Gasteiger partial charge in [-0.1, -0.05) is 31.4 Å². The fraction of sp³-hybridized carbons (Fsp3) is 0.778. The Kier molecular flexibility index (Phi) is 8.36. The molecule has 0 radical (unpaired) electrons. The maximum atomic E-state index is 12.3. The van der Waals surface area contributed by atoms with Gasteiger partial charge in [-0.2, -0.15) is 0 Å². The first-order valence-corrected chi connectivity index (χ1v) is 9.91.